The number of hydrogen-bond donors (Lipinski definition) is 1. The third-order valence-electron chi connectivity index (χ3n) is 4.02. The molecule has 0 saturated carbocycles. The van der Waals surface area contributed by atoms with E-state index in [0.29, 0.717) is 0 Å². The van der Waals surface area contributed by atoms with Crippen molar-refractivity contribution in [2.75, 3.05) is 46.8 Å². The Kier molecular flexibility index (Phi) is 8.64. The maximum Gasteiger partial charge on any atom is 0.0217 e. The van der Waals surface area contributed by atoms with E-state index < -0.39 is 0 Å². The minimum Gasteiger partial charge on any atom is -0.315 e. The van der Waals surface area contributed by atoms with E-state index in [1.807, 2.05) is 0 Å². The van der Waals surface area contributed by atoms with Crippen LogP contribution in [0.1, 0.15) is 45.4 Å². The number of likely N-dealkylation sites (tertiary alicyclic amines) is 1. The van der Waals surface area contributed by atoms with E-state index in [9.17, 15) is 0 Å². The van der Waals surface area contributed by atoms with Crippen molar-refractivity contribution in [1.29, 1.82) is 0 Å². The highest BCUT2D eigenvalue weighted by Gasteiger charge is 2.20. The summed E-state index contributed by atoms with van der Waals surface area (Å²) in [5.74, 6) is 0. The Balaban J connectivity index is 1.98. The molecule has 1 rings (SSSR count). The van der Waals surface area contributed by atoms with Crippen molar-refractivity contribution in [2.24, 2.45) is 0 Å². The second kappa shape index (κ2) is 9.76. The summed E-state index contributed by atoms with van der Waals surface area (Å²) in [6, 6.07) is 0.767. The van der Waals surface area contributed by atoms with Crippen LogP contribution in [0.25, 0.3) is 0 Å². The van der Waals surface area contributed by atoms with Gasteiger partial charge in [-0.1, -0.05) is 26.2 Å². The number of piperidine rings is 1. The zero-order valence-electron chi connectivity index (χ0n) is 12.7. The van der Waals surface area contributed by atoms with Crippen molar-refractivity contribution in [3.8, 4) is 0 Å². The van der Waals surface area contributed by atoms with Gasteiger partial charge in [0.05, 0.1) is 0 Å². The van der Waals surface area contributed by atoms with Crippen LogP contribution in [0.15, 0.2) is 0 Å². The molecule has 3 nitrogen and oxygen atoms in total. The third-order valence-corrected chi connectivity index (χ3v) is 4.02. The average molecular weight is 255 g/mol. The van der Waals surface area contributed by atoms with Gasteiger partial charge in [-0.2, -0.15) is 0 Å². The Hall–Kier alpha value is -0.120. The van der Waals surface area contributed by atoms with E-state index in [-0.39, 0.29) is 0 Å². The molecule has 108 valence electrons. The standard InChI is InChI=1S/C15H33N3/c1-4-5-6-7-10-16-11-13-18-12-8-9-15(14-18)17(2)3/h15-16H,4-14H2,1-3H3. The molecule has 1 fully saturated rings. The van der Waals surface area contributed by atoms with Crippen molar-refractivity contribution < 1.29 is 0 Å². The number of unbranched alkanes of at least 4 members (excludes halogenated alkanes) is 3. The Morgan fingerprint density at radius 1 is 1.17 bits per heavy atom. The Labute approximate surface area is 114 Å². The van der Waals surface area contributed by atoms with Crippen LogP contribution in [-0.4, -0.2) is 62.7 Å². The van der Waals surface area contributed by atoms with Crippen molar-refractivity contribution in [1.82, 2.24) is 15.1 Å². The largest absolute Gasteiger partial charge is 0.315 e. The minimum atomic E-state index is 0.767. The van der Waals surface area contributed by atoms with Gasteiger partial charge < -0.3 is 15.1 Å². The predicted molar refractivity (Wildman–Crippen MR) is 80.2 cm³/mol. The zero-order chi connectivity index (χ0) is 13.2. The molecule has 0 aliphatic carbocycles. The molecule has 1 aliphatic heterocycles. The number of nitrogens with one attached hydrogen (secondary N) is 1. The lowest BCUT2D eigenvalue weighted by Gasteiger charge is -2.36. The Morgan fingerprint density at radius 2 is 2.00 bits per heavy atom. The summed E-state index contributed by atoms with van der Waals surface area (Å²) in [5, 5.41) is 3.58. The van der Waals surface area contributed by atoms with E-state index in [1.54, 1.807) is 0 Å². The topological polar surface area (TPSA) is 18.5 Å². The quantitative estimate of drug-likeness (QED) is 0.637. The normalized spacial score (nSPS) is 21.7. The SMILES string of the molecule is CCCCCCNCCN1CCCC(N(C)C)C1. The van der Waals surface area contributed by atoms with Gasteiger partial charge in [0, 0.05) is 25.7 Å². The molecule has 18 heavy (non-hydrogen) atoms. The fourth-order valence-electron chi connectivity index (χ4n) is 2.69. The molecule has 0 bridgehead atoms. The van der Waals surface area contributed by atoms with Crippen LogP contribution >= 0.6 is 0 Å². The molecular formula is C15H33N3. The first-order valence-corrected chi connectivity index (χ1v) is 7.83. The van der Waals surface area contributed by atoms with Gasteiger partial charge >= 0.3 is 0 Å². The highest BCUT2D eigenvalue weighted by atomic mass is 15.2. The molecule has 1 saturated heterocycles. The van der Waals surface area contributed by atoms with Crippen molar-refractivity contribution in [3.05, 3.63) is 0 Å². The fraction of sp³-hybridized carbons (Fsp3) is 1.00. The van der Waals surface area contributed by atoms with Gasteiger partial charge in [0.15, 0.2) is 0 Å². The van der Waals surface area contributed by atoms with Crippen LogP contribution in [0, 0.1) is 0 Å². The van der Waals surface area contributed by atoms with Crippen LogP contribution in [0.5, 0.6) is 0 Å². The van der Waals surface area contributed by atoms with Gasteiger partial charge in [-0.3, -0.25) is 0 Å². The van der Waals surface area contributed by atoms with Crippen molar-refractivity contribution >= 4 is 0 Å². The van der Waals surface area contributed by atoms with Crippen LogP contribution in [0.2, 0.25) is 0 Å². The first-order chi connectivity index (χ1) is 8.74. The summed E-state index contributed by atoms with van der Waals surface area (Å²) < 4.78 is 0. The van der Waals surface area contributed by atoms with Gasteiger partial charge in [-0.05, 0) is 46.4 Å². The molecule has 0 amide bonds. The number of nitrogens with zero attached hydrogens (tertiary/aromatic N) is 2. The average Bonchev–Trinajstić information content (AvgIpc) is 2.38. The van der Waals surface area contributed by atoms with E-state index in [1.165, 1.54) is 64.7 Å². The molecule has 1 heterocycles. The smallest absolute Gasteiger partial charge is 0.0217 e. The van der Waals surface area contributed by atoms with Crippen LogP contribution in [0.4, 0.5) is 0 Å². The molecule has 1 atom stereocenters. The molecule has 0 aromatic rings. The lowest BCUT2D eigenvalue weighted by molar-refractivity contribution is 0.134. The molecular weight excluding hydrogens is 222 g/mol. The Bertz CT molecular complexity index is 194. The summed E-state index contributed by atoms with van der Waals surface area (Å²) in [4.78, 5) is 5.00. The maximum atomic E-state index is 3.58. The highest BCUT2D eigenvalue weighted by Crippen LogP contribution is 2.12. The molecule has 1 aliphatic rings. The first-order valence-electron chi connectivity index (χ1n) is 7.83. The summed E-state index contributed by atoms with van der Waals surface area (Å²) >= 11 is 0. The van der Waals surface area contributed by atoms with E-state index >= 15 is 0 Å². The second-order valence-corrected chi connectivity index (χ2v) is 5.87. The van der Waals surface area contributed by atoms with E-state index in [0.717, 1.165) is 12.6 Å². The van der Waals surface area contributed by atoms with E-state index in [2.05, 4.69) is 36.1 Å². The van der Waals surface area contributed by atoms with Gasteiger partial charge in [-0.15, -0.1) is 0 Å². The van der Waals surface area contributed by atoms with E-state index in [4.69, 9.17) is 0 Å². The summed E-state index contributed by atoms with van der Waals surface area (Å²) in [7, 11) is 4.42. The lowest BCUT2D eigenvalue weighted by Crippen LogP contribution is -2.46. The molecule has 0 spiro atoms. The van der Waals surface area contributed by atoms with Gasteiger partial charge in [0.2, 0.25) is 0 Å². The van der Waals surface area contributed by atoms with Gasteiger partial charge in [0.25, 0.3) is 0 Å². The second-order valence-electron chi connectivity index (χ2n) is 5.87. The minimum absolute atomic E-state index is 0.767. The summed E-state index contributed by atoms with van der Waals surface area (Å²) in [6.45, 7) is 8.40. The monoisotopic (exact) mass is 255 g/mol. The van der Waals surface area contributed by atoms with Crippen molar-refractivity contribution in [2.45, 2.75) is 51.5 Å². The summed E-state index contributed by atoms with van der Waals surface area (Å²) in [5.41, 5.74) is 0. The molecule has 0 aromatic heterocycles. The number of likely N-dealkylation sites (N-methyl/N-ethyl adjacent to an activating group) is 1. The highest BCUT2D eigenvalue weighted by molar-refractivity contribution is 4.78. The van der Waals surface area contributed by atoms with Gasteiger partial charge in [0.1, 0.15) is 0 Å². The molecule has 3 heteroatoms. The molecule has 1 unspecified atom stereocenters. The number of rotatable bonds is 9. The van der Waals surface area contributed by atoms with Crippen LogP contribution in [0.3, 0.4) is 0 Å². The molecule has 0 radical (unpaired) electrons. The molecule has 0 aromatic carbocycles. The Morgan fingerprint density at radius 3 is 2.72 bits per heavy atom. The fourth-order valence-corrected chi connectivity index (χ4v) is 2.69. The number of hydrogen-bond acceptors (Lipinski definition) is 3. The first kappa shape index (κ1) is 15.9. The van der Waals surface area contributed by atoms with Gasteiger partial charge in [-0.25, -0.2) is 0 Å². The van der Waals surface area contributed by atoms with Crippen LogP contribution in [-0.2, 0) is 0 Å². The maximum absolute atomic E-state index is 3.58. The summed E-state index contributed by atoms with van der Waals surface area (Å²) in [6.07, 6.45) is 8.18. The predicted octanol–water partition coefficient (Wildman–Crippen LogP) is 2.18. The third kappa shape index (κ3) is 6.72. The molecule has 1 N–H and O–H groups in total. The van der Waals surface area contributed by atoms with Crippen LogP contribution < -0.4 is 5.32 Å². The lowest BCUT2D eigenvalue weighted by atomic mass is 10.1. The zero-order valence-corrected chi connectivity index (χ0v) is 12.7. The van der Waals surface area contributed by atoms with Crippen molar-refractivity contribution in [3.63, 3.8) is 0 Å².